The molecule has 1 heterocycles. The maximum absolute atomic E-state index is 5.97. The van der Waals surface area contributed by atoms with E-state index in [0.29, 0.717) is 16.7 Å². The van der Waals surface area contributed by atoms with Crippen molar-refractivity contribution in [2.75, 3.05) is 0 Å². The van der Waals surface area contributed by atoms with Crippen molar-refractivity contribution < 1.29 is 4.52 Å². The number of nitrogens with zero attached hydrogens (tertiary/aromatic N) is 2. The van der Waals surface area contributed by atoms with Crippen LogP contribution < -0.4 is 5.73 Å². The molecule has 0 aliphatic rings. The monoisotopic (exact) mass is 265 g/mol. The average molecular weight is 266 g/mol. The van der Waals surface area contributed by atoms with E-state index in [1.807, 2.05) is 32.0 Å². The van der Waals surface area contributed by atoms with E-state index in [1.54, 1.807) is 6.07 Å². The molecule has 0 saturated carbocycles. The topological polar surface area (TPSA) is 64.9 Å². The van der Waals surface area contributed by atoms with Crippen molar-refractivity contribution in [2.45, 2.75) is 32.2 Å². The Hall–Kier alpha value is -1.39. The number of hydrogen-bond donors (Lipinski definition) is 1. The minimum absolute atomic E-state index is 0.0256. The molecule has 0 aliphatic heterocycles. The smallest absolute Gasteiger partial charge is 0.231 e. The summed E-state index contributed by atoms with van der Waals surface area (Å²) in [7, 11) is 0. The first-order chi connectivity index (χ1) is 8.61. The first-order valence-corrected chi connectivity index (χ1v) is 6.34. The molecule has 0 fully saturated rings. The van der Waals surface area contributed by atoms with Gasteiger partial charge in [0.15, 0.2) is 0 Å². The van der Waals surface area contributed by atoms with Crippen LogP contribution in [0.4, 0.5) is 0 Å². The molecule has 0 radical (unpaired) electrons. The highest BCUT2D eigenvalue weighted by atomic mass is 35.5. The molecule has 2 rings (SSSR count). The van der Waals surface area contributed by atoms with E-state index < -0.39 is 0 Å². The highest BCUT2D eigenvalue weighted by Gasteiger charge is 2.20. The van der Waals surface area contributed by atoms with Crippen molar-refractivity contribution in [1.82, 2.24) is 10.1 Å². The normalized spacial score (nSPS) is 14.4. The van der Waals surface area contributed by atoms with E-state index in [2.05, 4.69) is 10.1 Å². The molecule has 2 N–H and O–H groups in total. The maximum Gasteiger partial charge on any atom is 0.231 e. The van der Waals surface area contributed by atoms with Crippen molar-refractivity contribution in [2.24, 2.45) is 5.73 Å². The summed E-state index contributed by atoms with van der Waals surface area (Å²) in [6, 6.07) is 7.39. The summed E-state index contributed by atoms with van der Waals surface area (Å²) in [4.78, 5) is 4.37. The largest absolute Gasteiger partial charge is 0.339 e. The molecule has 5 heteroatoms. The molecule has 0 amide bonds. The lowest BCUT2D eigenvalue weighted by atomic mass is 10.0. The van der Waals surface area contributed by atoms with Crippen molar-refractivity contribution in [3.63, 3.8) is 0 Å². The van der Waals surface area contributed by atoms with Crippen LogP contribution in [-0.4, -0.2) is 16.2 Å². The number of halogens is 1. The molecule has 2 atom stereocenters. The third-order valence-electron chi connectivity index (χ3n) is 3.03. The first kappa shape index (κ1) is 13.1. The highest BCUT2D eigenvalue weighted by molar-refractivity contribution is 6.30. The summed E-state index contributed by atoms with van der Waals surface area (Å²) in [6.45, 7) is 4.03. The Bertz CT molecular complexity index is 526. The molecular formula is C13H16ClN3O. The van der Waals surface area contributed by atoms with Gasteiger partial charge >= 0.3 is 0 Å². The number of rotatable bonds is 4. The fourth-order valence-corrected chi connectivity index (χ4v) is 1.89. The van der Waals surface area contributed by atoms with Crippen LogP contribution >= 0.6 is 11.6 Å². The molecule has 2 aromatic rings. The molecule has 0 bridgehead atoms. The van der Waals surface area contributed by atoms with Gasteiger partial charge in [0.2, 0.25) is 11.7 Å². The fourth-order valence-electron chi connectivity index (χ4n) is 1.70. The Labute approximate surface area is 111 Å². The standard InChI is InChI=1S/C13H16ClN3O/c1-3-11(15)8(2)13-16-12(17-18-13)9-5-4-6-10(14)7-9/h4-8,11H,3,15H2,1-2H3. The predicted molar refractivity (Wildman–Crippen MR) is 71.4 cm³/mol. The molecule has 1 aromatic heterocycles. The summed E-state index contributed by atoms with van der Waals surface area (Å²) in [6.07, 6.45) is 0.871. The van der Waals surface area contributed by atoms with Crippen LogP contribution in [0.1, 0.15) is 32.1 Å². The van der Waals surface area contributed by atoms with E-state index in [9.17, 15) is 0 Å². The molecule has 0 saturated heterocycles. The summed E-state index contributed by atoms with van der Waals surface area (Å²) >= 11 is 5.93. The quantitative estimate of drug-likeness (QED) is 0.922. The van der Waals surface area contributed by atoms with Crippen LogP contribution in [0, 0.1) is 0 Å². The molecule has 2 unspecified atom stereocenters. The lowest BCUT2D eigenvalue weighted by Gasteiger charge is -2.13. The zero-order valence-electron chi connectivity index (χ0n) is 10.4. The average Bonchev–Trinajstić information content (AvgIpc) is 2.86. The van der Waals surface area contributed by atoms with Gasteiger partial charge in [0, 0.05) is 16.6 Å². The van der Waals surface area contributed by atoms with E-state index in [1.165, 1.54) is 0 Å². The van der Waals surface area contributed by atoms with Gasteiger partial charge in [-0.1, -0.05) is 42.7 Å². The Kier molecular flexibility index (Phi) is 3.99. The maximum atomic E-state index is 5.97. The Morgan fingerprint density at radius 3 is 2.89 bits per heavy atom. The summed E-state index contributed by atoms with van der Waals surface area (Å²) in [5, 5.41) is 4.62. The van der Waals surface area contributed by atoms with Gasteiger partial charge in [-0.3, -0.25) is 0 Å². The lowest BCUT2D eigenvalue weighted by molar-refractivity contribution is 0.340. The number of hydrogen-bond acceptors (Lipinski definition) is 4. The van der Waals surface area contributed by atoms with Gasteiger partial charge in [0.1, 0.15) is 0 Å². The minimum Gasteiger partial charge on any atom is -0.339 e. The second-order valence-electron chi connectivity index (χ2n) is 4.33. The van der Waals surface area contributed by atoms with Crippen molar-refractivity contribution in [3.8, 4) is 11.4 Å². The van der Waals surface area contributed by atoms with Crippen molar-refractivity contribution in [3.05, 3.63) is 35.2 Å². The zero-order valence-corrected chi connectivity index (χ0v) is 11.2. The van der Waals surface area contributed by atoms with Crippen LogP contribution in [0.2, 0.25) is 5.02 Å². The first-order valence-electron chi connectivity index (χ1n) is 5.97. The van der Waals surface area contributed by atoms with Crippen LogP contribution in [0.5, 0.6) is 0 Å². The van der Waals surface area contributed by atoms with Gasteiger partial charge in [0.05, 0.1) is 5.92 Å². The molecule has 18 heavy (non-hydrogen) atoms. The third kappa shape index (κ3) is 2.71. The highest BCUT2D eigenvalue weighted by Crippen LogP contribution is 2.23. The second kappa shape index (κ2) is 5.50. The Morgan fingerprint density at radius 2 is 2.22 bits per heavy atom. The zero-order chi connectivity index (χ0) is 13.1. The van der Waals surface area contributed by atoms with Gasteiger partial charge in [-0.05, 0) is 18.6 Å². The van der Waals surface area contributed by atoms with Gasteiger partial charge in [0.25, 0.3) is 0 Å². The van der Waals surface area contributed by atoms with Crippen LogP contribution in [0.3, 0.4) is 0 Å². The molecule has 4 nitrogen and oxygen atoms in total. The van der Waals surface area contributed by atoms with Crippen molar-refractivity contribution >= 4 is 11.6 Å². The SMILES string of the molecule is CCC(N)C(C)c1nc(-c2cccc(Cl)c2)no1. The van der Waals surface area contributed by atoms with E-state index >= 15 is 0 Å². The molecule has 1 aromatic carbocycles. The minimum atomic E-state index is 0.0256. The van der Waals surface area contributed by atoms with Gasteiger partial charge in [-0.25, -0.2) is 0 Å². The summed E-state index contributed by atoms with van der Waals surface area (Å²) < 4.78 is 5.26. The Balaban J connectivity index is 2.25. The van der Waals surface area contributed by atoms with Gasteiger partial charge in [-0.2, -0.15) is 4.98 Å². The molecular weight excluding hydrogens is 250 g/mol. The summed E-state index contributed by atoms with van der Waals surface area (Å²) in [5.74, 6) is 1.16. The van der Waals surface area contributed by atoms with Crippen molar-refractivity contribution in [1.29, 1.82) is 0 Å². The third-order valence-corrected chi connectivity index (χ3v) is 3.26. The van der Waals surface area contributed by atoms with Gasteiger partial charge in [-0.15, -0.1) is 0 Å². The summed E-state index contributed by atoms with van der Waals surface area (Å²) in [5.41, 5.74) is 6.81. The molecule has 0 spiro atoms. The van der Waals surface area contributed by atoms with E-state index in [0.717, 1.165) is 12.0 Å². The fraction of sp³-hybridized carbons (Fsp3) is 0.385. The molecule has 0 aliphatic carbocycles. The lowest BCUT2D eigenvalue weighted by Crippen LogP contribution is -2.25. The van der Waals surface area contributed by atoms with Crippen LogP contribution in [0.15, 0.2) is 28.8 Å². The Morgan fingerprint density at radius 1 is 1.44 bits per heavy atom. The van der Waals surface area contributed by atoms with Gasteiger partial charge < -0.3 is 10.3 Å². The van der Waals surface area contributed by atoms with Crippen LogP contribution in [-0.2, 0) is 0 Å². The van der Waals surface area contributed by atoms with Crippen LogP contribution in [0.25, 0.3) is 11.4 Å². The number of aromatic nitrogens is 2. The number of benzene rings is 1. The van der Waals surface area contributed by atoms with E-state index in [4.69, 9.17) is 21.9 Å². The second-order valence-corrected chi connectivity index (χ2v) is 4.76. The molecule has 96 valence electrons. The number of nitrogens with two attached hydrogens (primary N) is 1. The van der Waals surface area contributed by atoms with E-state index in [-0.39, 0.29) is 12.0 Å². The predicted octanol–water partition coefficient (Wildman–Crippen LogP) is 3.23.